The van der Waals surface area contributed by atoms with Crippen LogP contribution < -0.4 is 0 Å². The van der Waals surface area contributed by atoms with Crippen molar-refractivity contribution in [1.29, 1.82) is 0 Å². The fourth-order valence-electron chi connectivity index (χ4n) is 1.84. The van der Waals surface area contributed by atoms with E-state index in [2.05, 4.69) is 31.2 Å². The summed E-state index contributed by atoms with van der Waals surface area (Å²) in [6, 6.07) is 8.45. The zero-order valence-electron chi connectivity index (χ0n) is 9.91. The lowest BCUT2D eigenvalue weighted by molar-refractivity contribution is -0.137. The van der Waals surface area contributed by atoms with E-state index in [1.165, 1.54) is 11.1 Å². The van der Waals surface area contributed by atoms with Gasteiger partial charge in [-0.1, -0.05) is 37.1 Å². The highest BCUT2D eigenvalue weighted by Gasteiger charge is 1.98. The molecule has 0 aliphatic rings. The molecule has 0 saturated carbocycles. The Bertz CT molecular complexity index is 331. The van der Waals surface area contributed by atoms with Crippen molar-refractivity contribution in [3.63, 3.8) is 0 Å². The highest BCUT2D eigenvalue weighted by Crippen LogP contribution is 2.12. The van der Waals surface area contributed by atoms with Crippen LogP contribution in [0, 0.1) is 6.92 Å². The molecule has 0 aliphatic carbocycles. The van der Waals surface area contributed by atoms with E-state index in [-0.39, 0.29) is 0 Å². The molecule has 0 aromatic heterocycles. The smallest absolute Gasteiger partial charge is 0.303 e. The predicted molar refractivity (Wildman–Crippen MR) is 65.6 cm³/mol. The summed E-state index contributed by atoms with van der Waals surface area (Å²) in [5, 5.41) is 8.48. The third-order valence-electron chi connectivity index (χ3n) is 2.85. The first-order valence-electron chi connectivity index (χ1n) is 5.96. The van der Waals surface area contributed by atoms with Crippen molar-refractivity contribution >= 4 is 5.97 Å². The van der Waals surface area contributed by atoms with E-state index >= 15 is 0 Å². The van der Waals surface area contributed by atoms with Crippen molar-refractivity contribution in [2.24, 2.45) is 0 Å². The Hall–Kier alpha value is -1.31. The Morgan fingerprint density at radius 3 is 2.50 bits per heavy atom. The number of carboxylic acid groups (broad SMARTS) is 1. The van der Waals surface area contributed by atoms with Gasteiger partial charge < -0.3 is 5.11 Å². The number of unbranched alkanes of at least 4 members (excludes halogenated alkanes) is 3. The number of aryl methyl sites for hydroxylation is 2. The summed E-state index contributed by atoms with van der Waals surface area (Å²) in [6.07, 6.45) is 5.54. The minimum absolute atomic E-state index is 0.310. The van der Waals surface area contributed by atoms with Crippen LogP contribution in [0.4, 0.5) is 0 Å². The van der Waals surface area contributed by atoms with Crippen LogP contribution in [0.5, 0.6) is 0 Å². The van der Waals surface area contributed by atoms with Crippen molar-refractivity contribution in [2.45, 2.75) is 45.4 Å². The molecule has 1 aromatic carbocycles. The van der Waals surface area contributed by atoms with Crippen LogP contribution in [-0.2, 0) is 11.2 Å². The van der Waals surface area contributed by atoms with Crippen molar-refractivity contribution < 1.29 is 9.90 Å². The number of rotatable bonds is 7. The highest BCUT2D eigenvalue weighted by molar-refractivity contribution is 5.66. The molecule has 0 unspecified atom stereocenters. The van der Waals surface area contributed by atoms with E-state index in [9.17, 15) is 4.79 Å². The molecule has 0 fully saturated rings. The number of hydrogen-bond donors (Lipinski definition) is 1. The van der Waals surface area contributed by atoms with Crippen LogP contribution in [-0.4, -0.2) is 11.1 Å². The second kappa shape index (κ2) is 7.04. The Morgan fingerprint density at radius 1 is 1.12 bits per heavy atom. The monoisotopic (exact) mass is 220 g/mol. The molecule has 0 aliphatic heterocycles. The summed E-state index contributed by atoms with van der Waals surface area (Å²) in [5.74, 6) is -0.682. The second-order valence-corrected chi connectivity index (χ2v) is 4.23. The van der Waals surface area contributed by atoms with Crippen LogP contribution in [0.15, 0.2) is 24.3 Å². The summed E-state index contributed by atoms with van der Waals surface area (Å²) in [7, 11) is 0. The van der Waals surface area contributed by atoms with Crippen LogP contribution in [0.3, 0.4) is 0 Å². The van der Waals surface area contributed by atoms with Gasteiger partial charge in [0.15, 0.2) is 0 Å². The maximum absolute atomic E-state index is 10.3. The molecule has 88 valence electrons. The highest BCUT2D eigenvalue weighted by atomic mass is 16.4. The quantitative estimate of drug-likeness (QED) is 0.713. The normalized spacial score (nSPS) is 10.3. The lowest BCUT2D eigenvalue weighted by atomic mass is 10.0. The van der Waals surface area contributed by atoms with Gasteiger partial charge in [-0.05, 0) is 37.3 Å². The van der Waals surface area contributed by atoms with Crippen LogP contribution >= 0.6 is 0 Å². The molecule has 0 spiro atoms. The topological polar surface area (TPSA) is 37.3 Å². The fraction of sp³-hybridized carbons (Fsp3) is 0.500. The fourth-order valence-corrected chi connectivity index (χ4v) is 1.84. The third-order valence-corrected chi connectivity index (χ3v) is 2.85. The number of aliphatic carboxylic acids is 1. The molecule has 0 amide bonds. The van der Waals surface area contributed by atoms with E-state index < -0.39 is 5.97 Å². The molecular formula is C14H20O2. The van der Waals surface area contributed by atoms with E-state index in [0.29, 0.717) is 6.42 Å². The first-order valence-corrected chi connectivity index (χ1v) is 5.96. The average Bonchev–Trinajstić information content (AvgIpc) is 2.25. The molecule has 2 heteroatoms. The number of carbonyl (C=O) groups is 1. The zero-order chi connectivity index (χ0) is 11.8. The summed E-state index contributed by atoms with van der Waals surface area (Å²) in [4.78, 5) is 10.3. The summed E-state index contributed by atoms with van der Waals surface area (Å²) < 4.78 is 0. The van der Waals surface area contributed by atoms with Crippen LogP contribution in [0.2, 0.25) is 0 Å². The lowest BCUT2D eigenvalue weighted by Crippen LogP contribution is -1.94. The Morgan fingerprint density at radius 2 is 1.81 bits per heavy atom. The zero-order valence-corrected chi connectivity index (χ0v) is 9.91. The summed E-state index contributed by atoms with van der Waals surface area (Å²) in [5.41, 5.74) is 2.77. The second-order valence-electron chi connectivity index (χ2n) is 4.23. The van der Waals surface area contributed by atoms with Gasteiger partial charge in [-0.15, -0.1) is 0 Å². The Balaban J connectivity index is 2.12. The molecule has 0 heterocycles. The minimum Gasteiger partial charge on any atom is -0.481 e. The van der Waals surface area contributed by atoms with Gasteiger partial charge in [-0.3, -0.25) is 4.79 Å². The number of benzene rings is 1. The SMILES string of the molecule is Cc1ccccc1CCCCCCC(=O)O. The lowest BCUT2D eigenvalue weighted by Gasteiger charge is -2.04. The van der Waals surface area contributed by atoms with Gasteiger partial charge in [0.1, 0.15) is 0 Å². The van der Waals surface area contributed by atoms with Crippen molar-refractivity contribution in [3.05, 3.63) is 35.4 Å². The maximum atomic E-state index is 10.3. The van der Waals surface area contributed by atoms with Gasteiger partial charge in [0.05, 0.1) is 0 Å². The van der Waals surface area contributed by atoms with Crippen molar-refractivity contribution in [1.82, 2.24) is 0 Å². The molecule has 1 rings (SSSR count). The third kappa shape index (κ3) is 4.96. The maximum Gasteiger partial charge on any atom is 0.303 e. The Labute approximate surface area is 97.3 Å². The molecule has 0 radical (unpaired) electrons. The first-order chi connectivity index (χ1) is 7.70. The van der Waals surface area contributed by atoms with Crippen molar-refractivity contribution in [2.75, 3.05) is 0 Å². The molecule has 0 saturated heterocycles. The van der Waals surface area contributed by atoms with E-state index in [0.717, 1.165) is 32.1 Å². The van der Waals surface area contributed by atoms with E-state index in [1.54, 1.807) is 0 Å². The van der Waals surface area contributed by atoms with Crippen LogP contribution in [0.1, 0.15) is 43.2 Å². The van der Waals surface area contributed by atoms with E-state index in [4.69, 9.17) is 5.11 Å². The van der Waals surface area contributed by atoms with Gasteiger partial charge in [0.2, 0.25) is 0 Å². The van der Waals surface area contributed by atoms with Gasteiger partial charge in [-0.25, -0.2) is 0 Å². The molecule has 16 heavy (non-hydrogen) atoms. The van der Waals surface area contributed by atoms with Gasteiger partial charge in [-0.2, -0.15) is 0 Å². The Kier molecular flexibility index (Phi) is 5.62. The first kappa shape index (κ1) is 12.8. The minimum atomic E-state index is -0.682. The molecular weight excluding hydrogens is 200 g/mol. The standard InChI is InChI=1S/C14H20O2/c1-12-8-6-7-10-13(12)9-4-2-3-5-11-14(15)16/h6-8,10H,2-5,9,11H2,1H3,(H,15,16). The van der Waals surface area contributed by atoms with Gasteiger partial charge in [0, 0.05) is 6.42 Å². The van der Waals surface area contributed by atoms with E-state index in [1.807, 2.05) is 0 Å². The molecule has 1 aromatic rings. The van der Waals surface area contributed by atoms with Crippen molar-refractivity contribution in [3.8, 4) is 0 Å². The number of hydrogen-bond acceptors (Lipinski definition) is 1. The molecule has 0 atom stereocenters. The largest absolute Gasteiger partial charge is 0.481 e. The molecule has 0 bridgehead atoms. The number of carboxylic acids is 1. The summed E-state index contributed by atoms with van der Waals surface area (Å²) >= 11 is 0. The van der Waals surface area contributed by atoms with Gasteiger partial charge in [0.25, 0.3) is 0 Å². The predicted octanol–water partition coefficient (Wildman–Crippen LogP) is 3.57. The average molecular weight is 220 g/mol. The molecule has 1 N–H and O–H groups in total. The van der Waals surface area contributed by atoms with Crippen LogP contribution in [0.25, 0.3) is 0 Å². The molecule has 2 nitrogen and oxygen atoms in total. The summed E-state index contributed by atoms with van der Waals surface area (Å²) in [6.45, 7) is 2.14. The van der Waals surface area contributed by atoms with Gasteiger partial charge >= 0.3 is 5.97 Å².